The van der Waals surface area contributed by atoms with E-state index >= 15 is 0 Å². The van der Waals surface area contributed by atoms with E-state index in [1.54, 1.807) is 6.92 Å². The molecule has 1 saturated carbocycles. The predicted molar refractivity (Wildman–Crippen MR) is 123 cm³/mol. The molecule has 3 aromatic rings. The molecule has 0 N–H and O–H groups in total. The van der Waals surface area contributed by atoms with Crippen molar-refractivity contribution < 1.29 is 27.1 Å². The zero-order valence-corrected chi connectivity index (χ0v) is 19.1. The number of halogens is 4. The Labute approximate surface area is 196 Å². The van der Waals surface area contributed by atoms with Crippen LogP contribution in [-0.2, 0) is 6.42 Å². The summed E-state index contributed by atoms with van der Waals surface area (Å²) in [4.78, 5) is 12.5. The van der Waals surface area contributed by atoms with Gasteiger partial charge in [0, 0.05) is 5.56 Å². The molecule has 0 unspecified atom stereocenters. The van der Waals surface area contributed by atoms with E-state index in [1.807, 2.05) is 0 Å². The van der Waals surface area contributed by atoms with Crippen LogP contribution in [0, 0.1) is 29.2 Å². The van der Waals surface area contributed by atoms with Crippen LogP contribution in [0.1, 0.15) is 66.9 Å². The molecular formula is C28H26F4O2. The predicted octanol–water partition coefficient (Wildman–Crippen LogP) is 7.99. The Morgan fingerprint density at radius 1 is 0.824 bits per heavy atom. The van der Waals surface area contributed by atoms with Crippen LogP contribution >= 0.6 is 0 Å². The number of carbonyl (C=O) groups is 1. The van der Waals surface area contributed by atoms with Crippen molar-refractivity contribution in [3.8, 4) is 16.9 Å². The zero-order chi connectivity index (χ0) is 24.4. The van der Waals surface area contributed by atoms with Gasteiger partial charge in [-0.3, -0.25) is 0 Å². The first-order valence-electron chi connectivity index (χ1n) is 11.6. The summed E-state index contributed by atoms with van der Waals surface area (Å²) >= 11 is 0. The summed E-state index contributed by atoms with van der Waals surface area (Å²) in [6.07, 6.45) is 3.88. The van der Waals surface area contributed by atoms with E-state index in [1.165, 1.54) is 48.5 Å². The van der Waals surface area contributed by atoms with Crippen LogP contribution < -0.4 is 4.74 Å². The second kappa shape index (κ2) is 10.00. The molecule has 1 fully saturated rings. The third kappa shape index (κ3) is 4.72. The first kappa shape index (κ1) is 24.0. The van der Waals surface area contributed by atoms with Crippen molar-refractivity contribution in [2.45, 2.75) is 51.9 Å². The van der Waals surface area contributed by atoms with Gasteiger partial charge in [0.2, 0.25) is 0 Å². The van der Waals surface area contributed by atoms with Crippen LogP contribution in [0.25, 0.3) is 11.1 Å². The Hall–Kier alpha value is -3.15. The molecule has 6 heteroatoms. The van der Waals surface area contributed by atoms with Crippen LogP contribution in [0.2, 0.25) is 0 Å². The zero-order valence-electron chi connectivity index (χ0n) is 19.1. The lowest BCUT2D eigenvalue weighted by Crippen LogP contribution is -2.16. The summed E-state index contributed by atoms with van der Waals surface area (Å²) in [6, 6.07) is 11.5. The average molecular weight is 471 g/mol. The molecule has 0 spiro atoms. The number of aryl methyl sites for hydroxylation is 1. The van der Waals surface area contributed by atoms with Crippen molar-refractivity contribution in [1.82, 2.24) is 0 Å². The van der Waals surface area contributed by atoms with E-state index in [0.29, 0.717) is 23.5 Å². The maximum absolute atomic E-state index is 14.8. The Bertz CT molecular complexity index is 1200. The second-order valence-electron chi connectivity index (χ2n) is 8.95. The number of esters is 1. The molecule has 0 saturated heterocycles. The fraction of sp³-hybridized carbons (Fsp3) is 0.321. The average Bonchev–Trinajstić information content (AvgIpc) is 2.84. The van der Waals surface area contributed by atoms with Gasteiger partial charge in [0.15, 0.2) is 23.3 Å². The molecule has 0 aromatic heterocycles. The molecule has 0 amide bonds. The van der Waals surface area contributed by atoms with Gasteiger partial charge in [-0.25, -0.2) is 22.4 Å². The highest BCUT2D eigenvalue weighted by atomic mass is 19.2. The molecular weight excluding hydrogens is 444 g/mol. The fourth-order valence-electron chi connectivity index (χ4n) is 4.56. The van der Waals surface area contributed by atoms with Gasteiger partial charge >= 0.3 is 5.97 Å². The van der Waals surface area contributed by atoms with Gasteiger partial charge in [-0.05, 0) is 66.0 Å². The monoisotopic (exact) mass is 470 g/mol. The van der Waals surface area contributed by atoms with Gasteiger partial charge in [0.1, 0.15) is 5.75 Å². The number of carbonyl (C=O) groups excluding carboxylic acids is 1. The van der Waals surface area contributed by atoms with E-state index in [-0.39, 0.29) is 22.8 Å². The summed E-state index contributed by atoms with van der Waals surface area (Å²) in [7, 11) is 0. The van der Waals surface area contributed by atoms with Crippen molar-refractivity contribution in [1.29, 1.82) is 0 Å². The van der Waals surface area contributed by atoms with Gasteiger partial charge in [0.05, 0.1) is 5.56 Å². The third-order valence-corrected chi connectivity index (χ3v) is 6.71. The van der Waals surface area contributed by atoms with Gasteiger partial charge in [-0.15, -0.1) is 0 Å². The van der Waals surface area contributed by atoms with Crippen molar-refractivity contribution in [2.75, 3.05) is 0 Å². The minimum Gasteiger partial charge on any atom is -0.423 e. The Morgan fingerprint density at radius 2 is 1.50 bits per heavy atom. The van der Waals surface area contributed by atoms with Crippen LogP contribution in [0.3, 0.4) is 0 Å². The molecule has 0 radical (unpaired) electrons. The molecule has 1 aliphatic carbocycles. The van der Waals surface area contributed by atoms with E-state index in [2.05, 4.69) is 6.92 Å². The molecule has 4 rings (SSSR count). The summed E-state index contributed by atoms with van der Waals surface area (Å²) in [5.74, 6) is -4.49. The largest absolute Gasteiger partial charge is 0.423 e. The number of benzene rings is 3. The molecule has 1 aliphatic rings. The SMILES string of the molecule is CCc1ccc(-c2ccc(OC(=O)c3ccc(C4CCC(C)CC4)c(F)c3F)cc2)c(F)c1F. The number of rotatable bonds is 5. The van der Waals surface area contributed by atoms with Crippen LogP contribution in [0.15, 0.2) is 48.5 Å². The van der Waals surface area contributed by atoms with Crippen LogP contribution in [0.5, 0.6) is 5.75 Å². The minimum absolute atomic E-state index is 0.0556. The number of hydrogen-bond donors (Lipinski definition) is 0. The Morgan fingerprint density at radius 3 is 2.15 bits per heavy atom. The van der Waals surface area contributed by atoms with E-state index in [9.17, 15) is 22.4 Å². The molecule has 34 heavy (non-hydrogen) atoms. The standard InChI is InChI=1S/C28H26F4O2/c1-3-17-10-13-21(25(30)24(17)29)19-8-11-20(12-9-19)34-28(33)23-15-14-22(26(31)27(23)32)18-6-4-16(2)5-7-18/h8-16,18H,3-7H2,1-2H3. The second-order valence-corrected chi connectivity index (χ2v) is 8.95. The molecule has 0 bridgehead atoms. The van der Waals surface area contributed by atoms with Gasteiger partial charge in [0.25, 0.3) is 0 Å². The Balaban J connectivity index is 1.50. The molecule has 3 aromatic carbocycles. The van der Waals surface area contributed by atoms with E-state index in [0.717, 1.165) is 25.7 Å². The Kier molecular flexibility index (Phi) is 7.05. The number of hydrogen-bond acceptors (Lipinski definition) is 2. The fourth-order valence-corrected chi connectivity index (χ4v) is 4.56. The lowest BCUT2D eigenvalue weighted by molar-refractivity contribution is 0.0728. The number of ether oxygens (including phenoxy) is 1. The first-order valence-corrected chi connectivity index (χ1v) is 11.6. The lowest BCUT2D eigenvalue weighted by Gasteiger charge is -2.27. The first-order chi connectivity index (χ1) is 16.3. The van der Waals surface area contributed by atoms with Gasteiger partial charge in [-0.2, -0.15) is 0 Å². The molecule has 0 heterocycles. The normalized spacial score (nSPS) is 18.1. The van der Waals surface area contributed by atoms with Crippen molar-refractivity contribution in [3.05, 3.63) is 88.5 Å². The van der Waals surface area contributed by atoms with Crippen LogP contribution in [-0.4, -0.2) is 5.97 Å². The maximum atomic E-state index is 14.8. The van der Waals surface area contributed by atoms with Crippen molar-refractivity contribution in [3.63, 3.8) is 0 Å². The third-order valence-electron chi connectivity index (χ3n) is 6.71. The van der Waals surface area contributed by atoms with E-state index in [4.69, 9.17) is 4.74 Å². The van der Waals surface area contributed by atoms with Crippen molar-refractivity contribution >= 4 is 5.97 Å². The molecule has 178 valence electrons. The summed E-state index contributed by atoms with van der Waals surface area (Å²) < 4.78 is 63.2. The van der Waals surface area contributed by atoms with Gasteiger partial charge < -0.3 is 4.74 Å². The molecule has 0 aliphatic heterocycles. The van der Waals surface area contributed by atoms with Crippen molar-refractivity contribution in [2.24, 2.45) is 5.92 Å². The smallest absolute Gasteiger partial charge is 0.346 e. The molecule has 2 nitrogen and oxygen atoms in total. The topological polar surface area (TPSA) is 26.3 Å². The van der Waals surface area contributed by atoms with Crippen LogP contribution in [0.4, 0.5) is 17.6 Å². The van der Waals surface area contributed by atoms with E-state index < -0.39 is 34.8 Å². The summed E-state index contributed by atoms with van der Waals surface area (Å²) in [5, 5.41) is 0. The quantitative estimate of drug-likeness (QED) is 0.215. The summed E-state index contributed by atoms with van der Waals surface area (Å²) in [5.41, 5.74) is 0.562. The minimum atomic E-state index is -1.22. The highest BCUT2D eigenvalue weighted by molar-refractivity contribution is 5.91. The lowest BCUT2D eigenvalue weighted by atomic mass is 9.79. The highest BCUT2D eigenvalue weighted by Crippen LogP contribution is 2.37. The highest BCUT2D eigenvalue weighted by Gasteiger charge is 2.27. The molecule has 0 atom stereocenters. The summed E-state index contributed by atoms with van der Waals surface area (Å²) in [6.45, 7) is 3.88. The maximum Gasteiger partial charge on any atom is 0.346 e. The van der Waals surface area contributed by atoms with Gasteiger partial charge in [-0.1, -0.05) is 57.0 Å².